The Morgan fingerprint density at radius 1 is 0.344 bits per heavy atom. The van der Waals surface area contributed by atoms with Crippen LogP contribution in [0.4, 0.5) is 0 Å². The Bertz CT molecular complexity index is 1020. The minimum atomic E-state index is -0.535. The van der Waals surface area contributed by atoms with Crippen molar-refractivity contribution in [2.75, 3.05) is 19.8 Å². The van der Waals surface area contributed by atoms with Gasteiger partial charge in [0.1, 0.15) is 6.61 Å². The maximum Gasteiger partial charge on any atom is 0.306 e. The Kier molecular flexibility index (Phi) is 53.8. The predicted octanol–water partition coefficient (Wildman–Crippen LogP) is 19.4. The van der Waals surface area contributed by atoms with Crippen LogP contribution in [0.3, 0.4) is 0 Å². The van der Waals surface area contributed by atoms with Crippen LogP contribution >= 0.6 is 0 Å². The number of unbranched alkanes of at least 4 members (excludes halogenated alkanes) is 36. The van der Waals surface area contributed by atoms with Crippen molar-refractivity contribution >= 4 is 11.9 Å². The second-order valence-corrected chi connectivity index (χ2v) is 19.2. The molecule has 0 heterocycles. The highest BCUT2D eigenvalue weighted by Gasteiger charge is 2.17. The molecule has 64 heavy (non-hydrogen) atoms. The van der Waals surface area contributed by atoms with E-state index in [2.05, 4.69) is 57.2 Å². The number of carbonyl (C=O) groups excluding carboxylic acids is 2. The standard InChI is InChI=1S/C59H110O5/c1-4-7-10-13-16-19-22-24-26-28-29-30-32-34-36-39-42-45-48-51-54-62-55-57(64-59(61)53-50-47-44-41-37-21-18-15-12-9-6-3)56-63-58(60)52-49-46-43-40-38-35-33-31-27-25-23-20-17-14-11-8-5-2/h17,20,24-27,57H,4-16,18-19,21-23,28-56H2,1-3H3/b20-17-,26-24-,27-25-. The number of esters is 2. The van der Waals surface area contributed by atoms with Crippen LogP contribution in [0.15, 0.2) is 36.5 Å². The minimum absolute atomic E-state index is 0.0858. The monoisotopic (exact) mass is 899 g/mol. The Morgan fingerprint density at radius 2 is 0.656 bits per heavy atom. The third kappa shape index (κ3) is 52.7. The van der Waals surface area contributed by atoms with E-state index in [1.165, 1.54) is 218 Å². The van der Waals surface area contributed by atoms with Crippen LogP contribution in [0.1, 0.15) is 303 Å². The first-order valence-corrected chi connectivity index (χ1v) is 28.5. The summed E-state index contributed by atoms with van der Waals surface area (Å²) in [5.41, 5.74) is 0. The van der Waals surface area contributed by atoms with Gasteiger partial charge in [-0.15, -0.1) is 0 Å². The minimum Gasteiger partial charge on any atom is -0.462 e. The summed E-state index contributed by atoms with van der Waals surface area (Å²) in [6.07, 6.45) is 67.3. The Hall–Kier alpha value is -1.88. The number of carbonyl (C=O) groups is 2. The summed E-state index contributed by atoms with van der Waals surface area (Å²) < 4.78 is 17.5. The van der Waals surface area contributed by atoms with Crippen molar-refractivity contribution in [1.29, 1.82) is 0 Å². The third-order valence-electron chi connectivity index (χ3n) is 12.6. The van der Waals surface area contributed by atoms with Gasteiger partial charge in [0.25, 0.3) is 0 Å². The Balaban J connectivity index is 4.18. The van der Waals surface area contributed by atoms with E-state index in [4.69, 9.17) is 14.2 Å². The fourth-order valence-electron chi connectivity index (χ4n) is 8.36. The number of hydrogen-bond donors (Lipinski definition) is 0. The molecular weight excluding hydrogens is 789 g/mol. The van der Waals surface area contributed by atoms with Crippen LogP contribution in [-0.2, 0) is 23.8 Å². The summed E-state index contributed by atoms with van der Waals surface area (Å²) >= 11 is 0. The van der Waals surface area contributed by atoms with Crippen LogP contribution < -0.4 is 0 Å². The topological polar surface area (TPSA) is 61.8 Å². The summed E-state index contributed by atoms with van der Waals surface area (Å²) in [7, 11) is 0. The van der Waals surface area contributed by atoms with Gasteiger partial charge < -0.3 is 14.2 Å². The Morgan fingerprint density at radius 3 is 1.08 bits per heavy atom. The van der Waals surface area contributed by atoms with Gasteiger partial charge in [-0.3, -0.25) is 9.59 Å². The molecule has 0 amide bonds. The molecule has 0 aromatic rings. The second-order valence-electron chi connectivity index (χ2n) is 19.2. The maximum absolute atomic E-state index is 12.8. The lowest BCUT2D eigenvalue weighted by Gasteiger charge is -2.18. The summed E-state index contributed by atoms with van der Waals surface area (Å²) in [5.74, 6) is -0.391. The van der Waals surface area contributed by atoms with Gasteiger partial charge >= 0.3 is 11.9 Å². The van der Waals surface area contributed by atoms with Crippen LogP contribution in [0, 0.1) is 0 Å². The quantitative estimate of drug-likeness (QED) is 0.0346. The van der Waals surface area contributed by atoms with Crippen LogP contribution in [0.25, 0.3) is 0 Å². The van der Waals surface area contributed by atoms with Crippen molar-refractivity contribution in [3.8, 4) is 0 Å². The van der Waals surface area contributed by atoms with Crippen LogP contribution in [0.5, 0.6) is 0 Å². The smallest absolute Gasteiger partial charge is 0.306 e. The lowest BCUT2D eigenvalue weighted by atomic mass is 10.1. The van der Waals surface area contributed by atoms with Gasteiger partial charge in [-0.2, -0.15) is 0 Å². The van der Waals surface area contributed by atoms with E-state index in [0.717, 1.165) is 51.4 Å². The summed E-state index contributed by atoms with van der Waals surface area (Å²) in [5, 5.41) is 0. The van der Waals surface area contributed by atoms with Crippen molar-refractivity contribution < 1.29 is 23.8 Å². The van der Waals surface area contributed by atoms with E-state index in [1.807, 2.05) is 0 Å². The molecule has 5 heteroatoms. The van der Waals surface area contributed by atoms with Crippen LogP contribution in [0.2, 0.25) is 0 Å². The summed E-state index contributed by atoms with van der Waals surface area (Å²) in [6, 6.07) is 0. The van der Waals surface area contributed by atoms with E-state index >= 15 is 0 Å². The SMILES string of the molecule is CCCCC/C=C\C/C=C\CCCCCCCCCC(=O)OCC(COCCCCCCCCCCCC/C=C\CCCCCCCC)OC(=O)CCCCCCCCCCCCC. The number of rotatable bonds is 53. The van der Waals surface area contributed by atoms with Gasteiger partial charge in [0, 0.05) is 19.4 Å². The van der Waals surface area contributed by atoms with Crippen molar-refractivity contribution in [2.45, 2.75) is 309 Å². The molecule has 5 nitrogen and oxygen atoms in total. The normalized spacial score (nSPS) is 12.4. The molecule has 1 atom stereocenters. The van der Waals surface area contributed by atoms with Crippen molar-refractivity contribution in [1.82, 2.24) is 0 Å². The molecule has 0 N–H and O–H groups in total. The zero-order valence-corrected chi connectivity index (χ0v) is 43.3. The Labute approximate surface area is 400 Å². The molecule has 1 unspecified atom stereocenters. The third-order valence-corrected chi connectivity index (χ3v) is 12.6. The largest absolute Gasteiger partial charge is 0.462 e. The molecule has 0 spiro atoms. The molecule has 0 aliphatic heterocycles. The highest BCUT2D eigenvalue weighted by Crippen LogP contribution is 2.16. The predicted molar refractivity (Wildman–Crippen MR) is 279 cm³/mol. The molecule has 0 radical (unpaired) electrons. The molecule has 0 aliphatic carbocycles. The van der Waals surface area contributed by atoms with Gasteiger partial charge in [0.2, 0.25) is 0 Å². The number of hydrogen-bond acceptors (Lipinski definition) is 5. The average Bonchev–Trinajstić information content (AvgIpc) is 3.30. The molecule has 376 valence electrons. The van der Waals surface area contributed by atoms with Crippen molar-refractivity contribution in [2.24, 2.45) is 0 Å². The van der Waals surface area contributed by atoms with Crippen molar-refractivity contribution in [3.05, 3.63) is 36.5 Å². The van der Waals surface area contributed by atoms with E-state index < -0.39 is 6.10 Å². The van der Waals surface area contributed by atoms with Gasteiger partial charge in [-0.1, -0.05) is 250 Å². The second kappa shape index (κ2) is 55.4. The molecule has 0 saturated heterocycles. The zero-order valence-electron chi connectivity index (χ0n) is 43.3. The molecule has 0 rings (SSSR count). The van der Waals surface area contributed by atoms with E-state index in [9.17, 15) is 9.59 Å². The average molecular weight is 900 g/mol. The highest BCUT2D eigenvalue weighted by atomic mass is 16.6. The van der Waals surface area contributed by atoms with Gasteiger partial charge in [-0.05, 0) is 77.0 Å². The maximum atomic E-state index is 12.8. The summed E-state index contributed by atoms with van der Waals surface area (Å²) in [4.78, 5) is 25.4. The molecule has 0 fully saturated rings. The summed E-state index contributed by atoms with van der Waals surface area (Å²) in [6.45, 7) is 7.83. The van der Waals surface area contributed by atoms with Gasteiger partial charge in [-0.25, -0.2) is 0 Å². The van der Waals surface area contributed by atoms with Gasteiger partial charge in [0.15, 0.2) is 6.10 Å². The fourth-order valence-corrected chi connectivity index (χ4v) is 8.36. The van der Waals surface area contributed by atoms with E-state index in [1.54, 1.807) is 0 Å². The molecule has 0 bridgehead atoms. The molecule has 0 aromatic carbocycles. The first kappa shape index (κ1) is 62.1. The molecule has 0 aliphatic rings. The van der Waals surface area contributed by atoms with E-state index in [0.29, 0.717) is 19.4 Å². The number of allylic oxidation sites excluding steroid dienone is 6. The van der Waals surface area contributed by atoms with E-state index in [-0.39, 0.29) is 25.2 Å². The fraction of sp³-hybridized carbons (Fsp3) is 0.864. The lowest BCUT2D eigenvalue weighted by Crippen LogP contribution is -2.30. The lowest BCUT2D eigenvalue weighted by molar-refractivity contribution is -0.163. The molecule has 0 saturated carbocycles. The van der Waals surface area contributed by atoms with Crippen LogP contribution in [-0.4, -0.2) is 37.9 Å². The molecule has 0 aromatic heterocycles. The first-order valence-electron chi connectivity index (χ1n) is 28.5. The number of ether oxygens (including phenoxy) is 3. The zero-order chi connectivity index (χ0) is 46.3. The molecular formula is C59H110O5. The highest BCUT2D eigenvalue weighted by molar-refractivity contribution is 5.70. The first-order chi connectivity index (χ1) is 31.6. The van der Waals surface area contributed by atoms with Gasteiger partial charge in [0.05, 0.1) is 6.61 Å². The van der Waals surface area contributed by atoms with Crippen molar-refractivity contribution in [3.63, 3.8) is 0 Å².